The zero-order valence-electron chi connectivity index (χ0n) is 11.1. The minimum absolute atomic E-state index is 0.355. The second-order valence-corrected chi connectivity index (χ2v) is 4.27. The van der Waals surface area contributed by atoms with E-state index in [-0.39, 0.29) is 0 Å². The van der Waals surface area contributed by atoms with Crippen LogP contribution in [-0.2, 0) is 11.8 Å². The molecule has 0 saturated heterocycles. The molecule has 6 heteroatoms. The molecule has 0 amide bonds. The SMILES string of the molecule is COC(=O)c1cc(Nc2cnn(C)c2)cc(C)c1N. The van der Waals surface area contributed by atoms with E-state index in [1.807, 2.05) is 26.2 Å². The molecule has 0 bridgehead atoms. The van der Waals surface area contributed by atoms with Crippen molar-refractivity contribution in [2.24, 2.45) is 7.05 Å². The molecule has 0 atom stereocenters. The fourth-order valence-corrected chi connectivity index (χ4v) is 1.80. The van der Waals surface area contributed by atoms with Gasteiger partial charge in [-0.3, -0.25) is 4.68 Å². The average Bonchev–Trinajstić information content (AvgIpc) is 2.78. The van der Waals surface area contributed by atoms with Gasteiger partial charge in [0.15, 0.2) is 0 Å². The van der Waals surface area contributed by atoms with Crippen LogP contribution in [0, 0.1) is 6.92 Å². The summed E-state index contributed by atoms with van der Waals surface area (Å²) in [5.41, 5.74) is 9.08. The van der Waals surface area contributed by atoms with E-state index < -0.39 is 5.97 Å². The molecule has 6 nitrogen and oxygen atoms in total. The number of hydrogen-bond donors (Lipinski definition) is 2. The smallest absolute Gasteiger partial charge is 0.340 e. The quantitative estimate of drug-likeness (QED) is 0.650. The maximum Gasteiger partial charge on any atom is 0.340 e. The summed E-state index contributed by atoms with van der Waals surface area (Å²) in [6.45, 7) is 1.84. The van der Waals surface area contributed by atoms with Gasteiger partial charge < -0.3 is 15.8 Å². The summed E-state index contributed by atoms with van der Waals surface area (Å²) < 4.78 is 6.41. The third kappa shape index (κ3) is 2.67. The summed E-state index contributed by atoms with van der Waals surface area (Å²) in [4.78, 5) is 11.6. The van der Waals surface area contributed by atoms with Gasteiger partial charge in [-0.2, -0.15) is 5.10 Å². The predicted octanol–water partition coefficient (Wildman–Crippen LogP) is 1.84. The molecule has 2 aromatic rings. The Kier molecular flexibility index (Phi) is 3.41. The lowest BCUT2D eigenvalue weighted by Gasteiger charge is -2.11. The van der Waals surface area contributed by atoms with Gasteiger partial charge in [-0.1, -0.05) is 0 Å². The van der Waals surface area contributed by atoms with Crippen molar-refractivity contribution in [2.75, 3.05) is 18.2 Å². The maximum absolute atomic E-state index is 11.6. The Morgan fingerprint density at radius 2 is 2.16 bits per heavy atom. The molecule has 0 aliphatic carbocycles. The second kappa shape index (κ2) is 5.01. The lowest BCUT2D eigenvalue weighted by Crippen LogP contribution is -2.08. The number of benzene rings is 1. The zero-order valence-corrected chi connectivity index (χ0v) is 11.1. The highest BCUT2D eigenvalue weighted by Crippen LogP contribution is 2.25. The normalized spacial score (nSPS) is 10.3. The molecule has 0 spiro atoms. The number of nitrogens with one attached hydrogen (secondary N) is 1. The van der Waals surface area contributed by atoms with Crippen LogP contribution >= 0.6 is 0 Å². The fourth-order valence-electron chi connectivity index (χ4n) is 1.80. The molecule has 3 N–H and O–H groups in total. The van der Waals surface area contributed by atoms with E-state index in [1.165, 1.54) is 7.11 Å². The number of anilines is 3. The van der Waals surface area contributed by atoms with Crippen LogP contribution in [0.5, 0.6) is 0 Å². The Hall–Kier alpha value is -2.50. The summed E-state index contributed by atoms with van der Waals surface area (Å²) in [7, 11) is 3.16. The number of rotatable bonds is 3. The molecule has 100 valence electrons. The number of ether oxygens (including phenoxy) is 1. The van der Waals surface area contributed by atoms with Crippen molar-refractivity contribution >= 4 is 23.0 Å². The Labute approximate surface area is 111 Å². The van der Waals surface area contributed by atoms with Gasteiger partial charge in [0.1, 0.15) is 0 Å². The second-order valence-electron chi connectivity index (χ2n) is 4.27. The third-order valence-corrected chi connectivity index (χ3v) is 2.79. The van der Waals surface area contributed by atoms with Crippen LogP contribution in [0.4, 0.5) is 17.1 Å². The van der Waals surface area contributed by atoms with Crippen molar-refractivity contribution in [3.8, 4) is 0 Å². The molecule has 1 aromatic carbocycles. The summed E-state index contributed by atoms with van der Waals surface area (Å²) in [6, 6.07) is 3.54. The van der Waals surface area contributed by atoms with Crippen LogP contribution in [0.3, 0.4) is 0 Å². The van der Waals surface area contributed by atoms with Gasteiger partial charge in [0.05, 0.1) is 24.6 Å². The first kappa shape index (κ1) is 12.9. The van der Waals surface area contributed by atoms with E-state index in [1.54, 1.807) is 16.9 Å². The topological polar surface area (TPSA) is 82.2 Å². The van der Waals surface area contributed by atoms with Crippen LogP contribution in [0.2, 0.25) is 0 Å². The standard InChI is InChI=1S/C13H16N4O2/c1-8-4-9(16-10-6-15-17(2)7-10)5-11(12(8)14)13(18)19-3/h4-7,16H,14H2,1-3H3. The predicted molar refractivity (Wildman–Crippen MR) is 73.4 cm³/mol. The number of hydrogen-bond acceptors (Lipinski definition) is 5. The Morgan fingerprint density at radius 3 is 2.74 bits per heavy atom. The van der Waals surface area contributed by atoms with Crippen LogP contribution in [0.15, 0.2) is 24.5 Å². The monoisotopic (exact) mass is 260 g/mol. The van der Waals surface area contributed by atoms with Crippen molar-refractivity contribution in [1.82, 2.24) is 9.78 Å². The van der Waals surface area contributed by atoms with Gasteiger partial charge in [0.25, 0.3) is 0 Å². The highest BCUT2D eigenvalue weighted by Gasteiger charge is 2.13. The van der Waals surface area contributed by atoms with Gasteiger partial charge >= 0.3 is 5.97 Å². The number of esters is 1. The largest absolute Gasteiger partial charge is 0.465 e. The molecule has 0 unspecified atom stereocenters. The first-order valence-electron chi connectivity index (χ1n) is 5.75. The molecular weight excluding hydrogens is 244 g/mol. The van der Waals surface area contributed by atoms with E-state index in [0.29, 0.717) is 11.3 Å². The summed E-state index contributed by atoms with van der Waals surface area (Å²) >= 11 is 0. The van der Waals surface area contributed by atoms with E-state index in [2.05, 4.69) is 10.4 Å². The molecule has 0 fully saturated rings. The van der Waals surface area contributed by atoms with Crippen LogP contribution in [-0.4, -0.2) is 22.9 Å². The van der Waals surface area contributed by atoms with Crippen molar-refractivity contribution in [2.45, 2.75) is 6.92 Å². The van der Waals surface area contributed by atoms with Crippen molar-refractivity contribution < 1.29 is 9.53 Å². The number of aryl methyl sites for hydroxylation is 2. The minimum Gasteiger partial charge on any atom is -0.465 e. The van der Waals surface area contributed by atoms with Gasteiger partial charge in [-0.15, -0.1) is 0 Å². The highest BCUT2D eigenvalue weighted by atomic mass is 16.5. The first-order valence-corrected chi connectivity index (χ1v) is 5.75. The number of aromatic nitrogens is 2. The molecule has 0 aliphatic rings. The fraction of sp³-hybridized carbons (Fsp3) is 0.231. The summed E-state index contributed by atoms with van der Waals surface area (Å²) in [5.74, 6) is -0.449. The minimum atomic E-state index is -0.449. The molecule has 1 heterocycles. The number of carbonyl (C=O) groups is 1. The Balaban J connectivity index is 2.36. The number of methoxy groups -OCH3 is 1. The molecular formula is C13H16N4O2. The number of nitrogens with two attached hydrogens (primary N) is 1. The van der Waals surface area contributed by atoms with Gasteiger partial charge in [0, 0.05) is 24.6 Å². The van der Waals surface area contributed by atoms with Gasteiger partial charge in [-0.05, 0) is 24.6 Å². The van der Waals surface area contributed by atoms with Crippen LogP contribution in [0.25, 0.3) is 0 Å². The molecule has 1 aromatic heterocycles. The van der Waals surface area contributed by atoms with E-state index in [9.17, 15) is 4.79 Å². The first-order chi connectivity index (χ1) is 9.01. The van der Waals surface area contributed by atoms with Crippen LogP contribution in [0.1, 0.15) is 15.9 Å². The van der Waals surface area contributed by atoms with Crippen molar-refractivity contribution in [1.29, 1.82) is 0 Å². The van der Waals surface area contributed by atoms with Gasteiger partial charge in [-0.25, -0.2) is 4.79 Å². The molecule has 0 saturated carbocycles. The Bertz CT molecular complexity index is 619. The number of carbonyl (C=O) groups excluding carboxylic acids is 1. The third-order valence-electron chi connectivity index (χ3n) is 2.79. The molecule has 19 heavy (non-hydrogen) atoms. The number of nitrogen functional groups attached to an aromatic ring is 1. The van der Waals surface area contributed by atoms with Gasteiger partial charge in [0.2, 0.25) is 0 Å². The van der Waals surface area contributed by atoms with Crippen molar-refractivity contribution in [3.63, 3.8) is 0 Å². The molecule has 0 radical (unpaired) electrons. The zero-order chi connectivity index (χ0) is 14.0. The number of nitrogens with zero attached hydrogens (tertiary/aromatic N) is 2. The lowest BCUT2D eigenvalue weighted by atomic mass is 10.1. The summed E-state index contributed by atoms with van der Waals surface area (Å²) in [5, 5.41) is 7.23. The van der Waals surface area contributed by atoms with E-state index in [4.69, 9.17) is 10.5 Å². The maximum atomic E-state index is 11.6. The highest BCUT2D eigenvalue weighted by molar-refractivity contribution is 5.97. The average molecular weight is 260 g/mol. The van der Waals surface area contributed by atoms with E-state index in [0.717, 1.165) is 16.9 Å². The Morgan fingerprint density at radius 1 is 1.42 bits per heavy atom. The summed E-state index contributed by atoms with van der Waals surface area (Å²) in [6.07, 6.45) is 3.53. The lowest BCUT2D eigenvalue weighted by molar-refractivity contribution is 0.0602. The van der Waals surface area contributed by atoms with Crippen LogP contribution < -0.4 is 11.1 Å². The van der Waals surface area contributed by atoms with E-state index >= 15 is 0 Å². The molecule has 0 aliphatic heterocycles. The van der Waals surface area contributed by atoms with Crippen molar-refractivity contribution in [3.05, 3.63) is 35.7 Å². The molecule has 2 rings (SSSR count).